The first-order valence-corrected chi connectivity index (χ1v) is 5.39. The predicted molar refractivity (Wildman–Crippen MR) is 65.4 cm³/mol. The molecule has 16 heavy (non-hydrogen) atoms. The van der Waals surface area contributed by atoms with Gasteiger partial charge in [0.1, 0.15) is 5.60 Å². The first-order chi connectivity index (χ1) is 7.43. The minimum Gasteiger partial charge on any atom is -0.382 e. The molecule has 0 bridgehead atoms. The van der Waals surface area contributed by atoms with Crippen molar-refractivity contribution in [3.8, 4) is 0 Å². The van der Waals surface area contributed by atoms with E-state index in [4.69, 9.17) is 0 Å². The molecule has 0 radical (unpaired) electrons. The SMILES string of the molecule is CC(C)=CC[C@@](C)(O)C(=O)c1ccccc1. The zero-order chi connectivity index (χ0) is 12.2. The molecule has 0 amide bonds. The van der Waals surface area contributed by atoms with E-state index in [1.807, 2.05) is 26.0 Å². The van der Waals surface area contributed by atoms with Crippen molar-refractivity contribution in [3.05, 3.63) is 47.5 Å². The van der Waals surface area contributed by atoms with Crippen molar-refractivity contribution in [2.75, 3.05) is 0 Å². The standard InChI is InChI=1S/C14H18O2/c1-11(2)9-10-14(3,16)13(15)12-7-5-4-6-8-12/h4-9,16H,10H2,1-3H3/t14-/m1/s1. The number of carbonyl (C=O) groups is 1. The average molecular weight is 218 g/mol. The normalized spacial score (nSPS) is 14.0. The van der Waals surface area contributed by atoms with Crippen LogP contribution < -0.4 is 0 Å². The summed E-state index contributed by atoms with van der Waals surface area (Å²) in [5, 5.41) is 10.1. The van der Waals surface area contributed by atoms with Gasteiger partial charge in [-0.25, -0.2) is 0 Å². The van der Waals surface area contributed by atoms with Crippen LogP contribution in [0.3, 0.4) is 0 Å². The van der Waals surface area contributed by atoms with Gasteiger partial charge in [-0.05, 0) is 20.8 Å². The molecule has 2 nitrogen and oxygen atoms in total. The Morgan fingerprint density at radius 3 is 2.38 bits per heavy atom. The second-order valence-electron chi connectivity index (χ2n) is 4.45. The summed E-state index contributed by atoms with van der Waals surface area (Å²) in [5.74, 6) is -0.231. The lowest BCUT2D eigenvalue weighted by Crippen LogP contribution is -2.34. The third-order valence-electron chi connectivity index (χ3n) is 2.43. The molecular formula is C14H18O2. The number of rotatable bonds is 4. The highest BCUT2D eigenvalue weighted by Gasteiger charge is 2.29. The van der Waals surface area contributed by atoms with Gasteiger partial charge in [-0.2, -0.15) is 0 Å². The minimum atomic E-state index is -1.32. The molecule has 1 atom stereocenters. The summed E-state index contributed by atoms with van der Waals surface area (Å²) >= 11 is 0. The molecule has 1 aromatic rings. The van der Waals surface area contributed by atoms with Crippen LogP contribution in [0.2, 0.25) is 0 Å². The van der Waals surface area contributed by atoms with E-state index < -0.39 is 5.60 Å². The third-order valence-corrected chi connectivity index (χ3v) is 2.43. The number of ketones is 1. The molecule has 0 aromatic heterocycles. The van der Waals surface area contributed by atoms with Gasteiger partial charge in [0.25, 0.3) is 0 Å². The predicted octanol–water partition coefficient (Wildman–Crippen LogP) is 2.98. The molecule has 1 N–H and O–H groups in total. The molecule has 0 fully saturated rings. The lowest BCUT2D eigenvalue weighted by atomic mass is 9.91. The summed E-state index contributed by atoms with van der Waals surface area (Å²) in [7, 11) is 0. The van der Waals surface area contributed by atoms with Crippen LogP contribution in [0.25, 0.3) is 0 Å². The Morgan fingerprint density at radius 2 is 1.88 bits per heavy atom. The molecule has 0 heterocycles. The highest BCUT2D eigenvalue weighted by atomic mass is 16.3. The van der Waals surface area contributed by atoms with Crippen molar-refractivity contribution >= 4 is 5.78 Å². The number of Topliss-reactive ketones (excluding diaryl/α,β-unsaturated/α-hetero) is 1. The average Bonchev–Trinajstić information content (AvgIpc) is 2.27. The van der Waals surface area contributed by atoms with Crippen LogP contribution in [0.1, 0.15) is 37.6 Å². The molecular weight excluding hydrogens is 200 g/mol. The largest absolute Gasteiger partial charge is 0.382 e. The van der Waals surface area contributed by atoms with E-state index >= 15 is 0 Å². The fourth-order valence-electron chi connectivity index (χ4n) is 1.40. The van der Waals surface area contributed by atoms with E-state index in [1.165, 1.54) is 0 Å². The third kappa shape index (κ3) is 3.31. The van der Waals surface area contributed by atoms with Crippen LogP contribution in [-0.4, -0.2) is 16.5 Å². The second kappa shape index (κ2) is 5.08. The number of allylic oxidation sites excluding steroid dienone is 1. The molecule has 0 saturated carbocycles. The number of benzene rings is 1. The van der Waals surface area contributed by atoms with Gasteiger partial charge in [0.05, 0.1) is 0 Å². The molecule has 0 unspecified atom stereocenters. The van der Waals surface area contributed by atoms with Gasteiger partial charge in [0.15, 0.2) is 5.78 Å². The maximum Gasteiger partial charge on any atom is 0.194 e. The quantitative estimate of drug-likeness (QED) is 0.623. The van der Waals surface area contributed by atoms with Gasteiger partial charge < -0.3 is 5.11 Å². The summed E-state index contributed by atoms with van der Waals surface area (Å²) < 4.78 is 0. The van der Waals surface area contributed by atoms with Gasteiger partial charge in [-0.1, -0.05) is 42.0 Å². The lowest BCUT2D eigenvalue weighted by Gasteiger charge is -2.20. The molecule has 0 spiro atoms. The summed E-state index contributed by atoms with van der Waals surface area (Å²) in [5.41, 5.74) is 0.328. The van der Waals surface area contributed by atoms with Gasteiger partial charge in [0, 0.05) is 12.0 Å². The van der Waals surface area contributed by atoms with E-state index in [-0.39, 0.29) is 5.78 Å². The Morgan fingerprint density at radius 1 is 1.31 bits per heavy atom. The van der Waals surface area contributed by atoms with Crippen LogP contribution in [0, 0.1) is 0 Å². The Labute approximate surface area is 96.6 Å². The van der Waals surface area contributed by atoms with Crippen molar-refractivity contribution in [3.63, 3.8) is 0 Å². The van der Waals surface area contributed by atoms with Gasteiger partial charge in [-0.3, -0.25) is 4.79 Å². The van der Waals surface area contributed by atoms with Crippen LogP contribution in [0.15, 0.2) is 42.0 Å². The number of carbonyl (C=O) groups excluding carboxylic acids is 1. The van der Waals surface area contributed by atoms with E-state index in [9.17, 15) is 9.90 Å². The topological polar surface area (TPSA) is 37.3 Å². The molecule has 0 aliphatic rings. The first kappa shape index (κ1) is 12.7. The molecule has 0 aliphatic heterocycles. The van der Waals surface area contributed by atoms with E-state index in [0.29, 0.717) is 12.0 Å². The lowest BCUT2D eigenvalue weighted by molar-refractivity contribution is 0.0420. The molecule has 0 aliphatic carbocycles. The van der Waals surface area contributed by atoms with Crippen molar-refractivity contribution in [1.82, 2.24) is 0 Å². The molecule has 1 aromatic carbocycles. The summed E-state index contributed by atoms with van der Waals surface area (Å²) in [4.78, 5) is 12.0. The highest BCUT2D eigenvalue weighted by molar-refractivity contribution is 6.02. The molecule has 1 rings (SSSR count). The zero-order valence-electron chi connectivity index (χ0n) is 10.0. The Bertz CT molecular complexity index is 384. The Kier molecular flexibility index (Phi) is 4.02. The van der Waals surface area contributed by atoms with Crippen LogP contribution in [0.5, 0.6) is 0 Å². The first-order valence-electron chi connectivity index (χ1n) is 5.39. The van der Waals surface area contributed by atoms with Gasteiger partial charge in [0.2, 0.25) is 0 Å². The van der Waals surface area contributed by atoms with E-state index in [0.717, 1.165) is 5.57 Å². The summed E-state index contributed by atoms with van der Waals surface area (Å²) in [6.45, 7) is 5.45. The monoisotopic (exact) mass is 218 g/mol. The fraction of sp³-hybridized carbons (Fsp3) is 0.357. The molecule has 86 valence electrons. The zero-order valence-corrected chi connectivity index (χ0v) is 10.0. The van der Waals surface area contributed by atoms with E-state index in [1.54, 1.807) is 31.2 Å². The molecule has 0 saturated heterocycles. The van der Waals surface area contributed by atoms with Crippen LogP contribution >= 0.6 is 0 Å². The van der Waals surface area contributed by atoms with E-state index in [2.05, 4.69) is 0 Å². The number of hydrogen-bond donors (Lipinski definition) is 1. The fourth-order valence-corrected chi connectivity index (χ4v) is 1.40. The highest BCUT2D eigenvalue weighted by Crippen LogP contribution is 2.18. The second-order valence-corrected chi connectivity index (χ2v) is 4.45. The summed E-state index contributed by atoms with van der Waals surface area (Å²) in [6.07, 6.45) is 2.23. The summed E-state index contributed by atoms with van der Waals surface area (Å²) in [6, 6.07) is 8.88. The van der Waals surface area contributed by atoms with Crippen LogP contribution in [-0.2, 0) is 0 Å². The molecule has 2 heteroatoms. The maximum atomic E-state index is 12.0. The van der Waals surface area contributed by atoms with Crippen LogP contribution in [0.4, 0.5) is 0 Å². The minimum absolute atomic E-state index is 0.231. The van der Waals surface area contributed by atoms with Crippen molar-refractivity contribution in [2.45, 2.75) is 32.8 Å². The number of hydrogen-bond acceptors (Lipinski definition) is 2. The number of aliphatic hydroxyl groups is 1. The smallest absolute Gasteiger partial charge is 0.194 e. The Balaban J connectivity index is 2.84. The van der Waals surface area contributed by atoms with Crippen molar-refractivity contribution in [1.29, 1.82) is 0 Å². The van der Waals surface area contributed by atoms with Gasteiger partial charge >= 0.3 is 0 Å². The van der Waals surface area contributed by atoms with Crippen molar-refractivity contribution < 1.29 is 9.90 Å². The van der Waals surface area contributed by atoms with Crippen molar-refractivity contribution in [2.24, 2.45) is 0 Å². The Hall–Kier alpha value is -1.41. The van der Waals surface area contributed by atoms with Gasteiger partial charge in [-0.15, -0.1) is 0 Å². The maximum absolute atomic E-state index is 12.0.